The van der Waals surface area contributed by atoms with Gasteiger partial charge in [0.1, 0.15) is 5.92 Å². The Morgan fingerprint density at radius 3 is 2.72 bits per heavy atom. The molecule has 1 fully saturated rings. The molecule has 2 N–H and O–H groups in total. The fourth-order valence-corrected chi connectivity index (χ4v) is 3.84. The summed E-state index contributed by atoms with van der Waals surface area (Å²) in [6.45, 7) is 2.31. The van der Waals surface area contributed by atoms with E-state index in [0.717, 1.165) is 54.1 Å². The summed E-state index contributed by atoms with van der Waals surface area (Å²) >= 11 is 0. The van der Waals surface area contributed by atoms with Gasteiger partial charge in [0.2, 0.25) is 5.91 Å². The van der Waals surface area contributed by atoms with Crippen LogP contribution in [0.2, 0.25) is 0 Å². The van der Waals surface area contributed by atoms with Crippen LogP contribution in [0.25, 0.3) is 10.9 Å². The highest BCUT2D eigenvalue weighted by atomic mass is 16.4. The van der Waals surface area contributed by atoms with Crippen LogP contribution in [0.5, 0.6) is 0 Å². The Labute approximate surface area is 147 Å². The summed E-state index contributed by atoms with van der Waals surface area (Å²) in [7, 11) is 0. The van der Waals surface area contributed by atoms with E-state index in [1.54, 1.807) is 6.20 Å². The Hall–Kier alpha value is -2.43. The number of nitrogens with zero attached hydrogens (tertiary/aromatic N) is 1. The van der Waals surface area contributed by atoms with E-state index >= 15 is 0 Å². The van der Waals surface area contributed by atoms with Crippen molar-refractivity contribution in [2.75, 3.05) is 0 Å². The van der Waals surface area contributed by atoms with Crippen LogP contribution in [0.15, 0.2) is 30.5 Å². The molecule has 1 saturated carbocycles. The molecular formula is C20H24N2O3. The van der Waals surface area contributed by atoms with Crippen molar-refractivity contribution in [1.82, 2.24) is 10.3 Å². The van der Waals surface area contributed by atoms with Crippen molar-refractivity contribution in [3.8, 4) is 0 Å². The number of carboxylic acids is 1. The lowest BCUT2D eigenvalue weighted by Crippen LogP contribution is -2.40. The molecule has 5 nitrogen and oxygen atoms in total. The number of hydrogen-bond acceptors (Lipinski definition) is 3. The molecule has 2 aromatic rings. The first-order valence-corrected chi connectivity index (χ1v) is 8.91. The number of aliphatic carboxylic acids is 1. The van der Waals surface area contributed by atoms with Crippen LogP contribution in [-0.4, -0.2) is 22.0 Å². The van der Waals surface area contributed by atoms with Crippen molar-refractivity contribution in [2.45, 2.75) is 45.6 Å². The number of benzene rings is 1. The zero-order valence-corrected chi connectivity index (χ0v) is 14.5. The number of carbonyl (C=O) groups excluding carboxylic acids is 1. The highest BCUT2D eigenvalue weighted by molar-refractivity contribution is 5.97. The normalized spacial score (nSPS) is 16.5. The van der Waals surface area contributed by atoms with Crippen molar-refractivity contribution < 1.29 is 14.7 Å². The van der Waals surface area contributed by atoms with Gasteiger partial charge in [0.15, 0.2) is 0 Å². The number of amides is 1. The van der Waals surface area contributed by atoms with E-state index in [-0.39, 0.29) is 11.8 Å². The number of aryl methyl sites for hydroxylation is 1. The minimum absolute atomic E-state index is 0.0541. The number of nitrogens with one attached hydrogen (secondary N) is 1. The zero-order valence-electron chi connectivity index (χ0n) is 14.5. The van der Waals surface area contributed by atoms with E-state index in [9.17, 15) is 14.7 Å². The van der Waals surface area contributed by atoms with Gasteiger partial charge in [0.25, 0.3) is 0 Å². The Balaban J connectivity index is 1.77. The first-order valence-electron chi connectivity index (χ1n) is 8.91. The fourth-order valence-electron chi connectivity index (χ4n) is 3.84. The summed E-state index contributed by atoms with van der Waals surface area (Å²) < 4.78 is 0. The van der Waals surface area contributed by atoms with Crippen LogP contribution in [0, 0.1) is 18.8 Å². The van der Waals surface area contributed by atoms with Crippen LogP contribution in [-0.2, 0) is 16.1 Å². The second kappa shape index (κ2) is 7.64. The lowest BCUT2D eigenvalue weighted by Gasteiger charge is -2.26. The third-order valence-electron chi connectivity index (χ3n) is 5.24. The summed E-state index contributed by atoms with van der Waals surface area (Å²) in [5.41, 5.74) is 2.93. The first kappa shape index (κ1) is 17.4. The number of pyridine rings is 1. The summed E-state index contributed by atoms with van der Waals surface area (Å²) in [5, 5.41) is 13.4. The smallest absolute Gasteiger partial charge is 0.316 e. The van der Waals surface area contributed by atoms with Crippen LogP contribution in [0.3, 0.4) is 0 Å². The SMILES string of the molecule is Cc1ccc2ncccc2c1CNC(=O)[C@H](C(=O)O)C1CCCCC1. The van der Waals surface area contributed by atoms with Crippen molar-refractivity contribution >= 4 is 22.8 Å². The molecule has 1 aromatic carbocycles. The zero-order chi connectivity index (χ0) is 17.8. The third kappa shape index (κ3) is 3.81. The molecule has 3 rings (SSSR count). The van der Waals surface area contributed by atoms with Gasteiger partial charge in [0.05, 0.1) is 5.52 Å². The Bertz CT molecular complexity index is 782. The Morgan fingerprint density at radius 1 is 1.24 bits per heavy atom. The average molecular weight is 340 g/mol. The molecule has 5 heteroatoms. The monoisotopic (exact) mass is 340 g/mol. The Kier molecular flexibility index (Phi) is 5.31. The predicted octanol–water partition coefficient (Wildman–Crippen LogP) is 3.44. The summed E-state index contributed by atoms with van der Waals surface area (Å²) in [6, 6.07) is 7.78. The molecular weight excluding hydrogens is 316 g/mol. The number of fused-ring (bicyclic) bond motifs is 1. The lowest BCUT2D eigenvalue weighted by atomic mass is 9.79. The molecule has 1 heterocycles. The molecule has 1 aliphatic carbocycles. The van der Waals surface area contributed by atoms with Gasteiger partial charge in [-0.25, -0.2) is 0 Å². The Morgan fingerprint density at radius 2 is 2.00 bits per heavy atom. The predicted molar refractivity (Wildman–Crippen MR) is 96.0 cm³/mol. The maximum atomic E-state index is 12.6. The summed E-state index contributed by atoms with van der Waals surface area (Å²) in [5.74, 6) is -2.39. The molecule has 1 aliphatic rings. The highest BCUT2D eigenvalue weighted by Gasteiger charge is 2.35. The highest BCUT2D eigenvalue weighted by Crippen LogP contribution is 2.30. The maximum absolute atomic E-state index is 12.6. The van der Waals surface area contributed by atoms with E-state index in [1.165, 1.54) is 0 Å². The second-order valence-corrected chi connectivity index (χ2v) is 6.86. The number of rotatable bonds is 5. The van der Waals surface area contributed by atoms with Gasteiger partial charge in [0, 0.05) is 18.1 Å². The van der Waals surface area contributed by atoms with Crippen LogP contribution >= 0.6 is 0 Å². The van der Waals surface area contributed by atoms with Gasteiger partial charge in [-0.1, -0.05) is 31.4 Å². The summed E-state index contributed by atoms with van der Waals surface area (Å²) in [6.07, 6.45) is 6.53. The third-order valence-corrected chi connectivity index (χ3v) is 5.24. The molecule has 1 aromatic heterocycles. The van der Waals surface area contributed by atoms with Crippen LogP contribution < -0.4 is 5.32 Å². The molecule has 0 spiro atoms. The molecule has 0 radical (unpaired) electrons. The minimum Gasteiger partial charge on any atom is -0.481 e. The summed E-state index contributed by atoms with van der Waals surface area (Å²) in [4.78, 5) is 28.6. The molecule has 25 heavy (non-hydrogen) atoms. The van der Waals surface area contributed by atoms with Gasteiger partial charge in [-0.05, 0) is 48.9 Å². The van der Waals surface area contributed by atoms with Gasteiger partial charge in [-0.2, -0.15) is 0 Å². The van der Waals surface area contributed by atoms with Gasteiger partial charge in [-0.15, -0.1) is 0 Å². The standard InChI is InChI=1S/C20H24N2O3/c1-13-9-10-17-15(8-5-11-21-17)16(13)12-22-19(23)18(20(24)25)14-6-3-2-4-7-14/h5,8-11,14,18H,2-4,6-7,12H2,1H3,(H,22,23)(H,24,25)/t18-/m1/s1. The maximum Gasteiger partial charge on any atom is 0.316 e. The molecule has 0 aliphatic heterocycles. The van der Waals surface area contributed by atoms with E-state index in [4.69, 9.17) is 0 Å². The van der Waals surface area contributed by atoms with Gasteiger partial charge >= 0.3 is 5.97 Å². The van der Waals surface area contributed by atoms with Gasteiger partial charge < -0.3 is 10.4 Å². The second-order valence-electron chi connectivity index (χ2n) is 6.86. The van der Waals surface area contributed by atoms with Crippen LogP contribution in [0.4, 0.5) is 0 Å². The van der Waals surface area contributed by atoms with Crippen LogP contribution in [0.1, 0.15) is 43.2 Å². The number of hydrogen-bond donors (Lipinski definition) is 2. The van der Waals surface area contributed by atoms with E-state index < -0.39 is 11.9 Å². The fraction of sp³-hybridized carbons (Fsp3) is 0.450. The molecule has 132 valence electrons. The van der Waals surface area contributed by atoms with Crippen molar-refractivity contribution in [3.63, 3.8) is 0 Å². The number of carbonyl (C=O) groups is 2. The van der Waals surface area contributed by atoms with E-state index in [1.807, 2.05) is 31.2 Å². The van der Waals surface area contributed by atoms with Gasteiger partial charge in [-0.3, -0.25) is 14.6 Å². The number of aromatic nitrogens is 1. The van der Waals surface area contributed by atoms with E-state index in [0.29, 0.717) is 6.54 Å². The number of carboxylic acid groups (broad SMARTS) is 1. The van der Waals surface area contributed by atoms with Crippen molar-refractivity contribution in [2.24, 2.45) is 11.8 Å². The first-order chi connectivity index (χ1) is 12.1. The molecule has 0 bridgehead atoms. The molecule has 1 atom stereocenters. The molecule has 1 amide bonds. The minimum atomic E-state index is -1.01. The quantitative estimate of drug-likeness (QED) is 0.817. The molecule has 0 saturated heterocycles. The largest absolute Gasteiger partial charge is 0.481 e. The lowest BCUT2D eigenvalue weighted by molar-refractivity contribution is -0.150. The topological polar surface area (TPSA) is 79.3 Å². The molecule has 0 unspecified atom stereocenters. The van der Waals surface area contributed by atoms with Crippen molar-refractivity contribution in [1.29, 1.82) is 0 Å². The average Bonchev–Trinajstić information content (AvgIpc) is 2.61. The van der Waals surface area contributed by atoms with E-state index in [2.05, 4.69) is 10.3 Å². The van der Waals surface area contributed by atoms with Crippen molar-refractivity contribution in [3.05, 3.63) is 41.6 Å².